The third-order valence-corrected chi connectivity index (χ3v) is 3.29. The molecule has 1 heterocycles. The monoisotopic (exact) mass is 322 g/mol. The highest BCUT2D eigenvalue weighted by Crippen LogP contribution is 2.28. The highest BCUT2D eigenvalue weighted by atomic mass is 35.5. The molecule has 0 fully saturated rings. The molecule has 1 atom stereocenters. The molecule has 0 bridgehead atoms. The molecule has 0 amide bonds. The van der Waals surface area contributed by atoms with E-state index in [2.05, 4.69) is 20.6 Å². The summed E-state index contributed by atoms with van der Waals surface area (Å²) in [6, 6.07) is 7.53. The van der Waals surface area contributed by atoms with E-state index >= 15 is 0 Å². The van der Waals surface area contributed by atoms with E-state index in [9.17, 15) is 0 Å². The molecule has 0 radical (unpaired) electrons. The summed E-state index contributed by atoms with van der Waals surface area (Å²) in [5, 5.41) is 6.55. The maximum Gasteiger partial charge on any atom is 0.161 e. The van der Waals surface area contributed by atoms with Crippen molar-refractivity contribution in [2.45, 2.75) is 13.0 Å². The van der Waals surface area contributed by atoms with Crippen molar-refractivity contribution >= 4 is 23.1 Å². The van der Waals surface area contributed by atoms with Crippen molar-refractivity contribution in [2.75, 3.05) is 31.3 Å². The SMILES string of the molecule is CNc1c(Cl)ncnc1NCC(C)Oc1ccccc1OC. The summed E-state index contributed by atoms with van der Waals surface area (Å²) in [5.74, 6) is 2.04. The maximum atomic E-state index is 6.01. The van der Waals surface area contributed by atoms with Gasteiger partial charge in [0.15, 0.2) is 22.5 Å². The van der Waals surface area contributed by atoms with Crippen LogP contribution in [0.4, 0.5) is 11.5 Å². The van der Waals surface area contributed by atoms with Crippen LogP contribution in [0.2, 0.25) is 5.15 Å². The van der Waals surface area contributed by atoms with E-state index in [4.69, 9.17) is 21.1 Å². The number of anilines is 2. The van der Waals surface area contributed by atoms with Gasteiger partial charge < -0.3 is 20.1 Å². The molecule has 0 spiro atoms. The van der Waals surface area contributed by atoms with Crippen LogP contribution in [0, 0.1) is 0 Å². The van der Waals surface area contributed by atoms with Gasteiger partial charge >= 0.3 is 0 Å². The summed E-state index contributed by atoms with van der Waals surface area (Å²) in [7, 11) is 3.39. The molecule has 1 unspecified atom stereocenters. The summed E-state index contributed by atoms with van der Waals surface area (Å²) in [6.45, 7) is 2.52. The number of hydrogen-bond acceptors (Lipinski definition) is 6. The number of rotatable bonds is 7. The first-order chi connectivity index (χ1) is 10.7. The molecule has 118 valence electrons. The first-order valence-corrected chi connectivity index (χ1v) is 7.25. The van der Waals surface area contributed by atoms with Gasteiger partial charge in [0.1, 0.15) is 18.1 Å². The number of nitrogens with one attached hydrogen (secondary N) is 2. The predicted octanol–water partition coefficient (Wildman–Crippen LogP) is 3.06. The van der Waals surface area contributed by atoms with Crippen LogP contribution in [0.3, 0.4) is 0 Å². The van der Waals surface area contributed by atoms with Crippen LogP contribution in [-0.2, 0) is 0 Å². The smallest absolute Gasteiger partial charge is 0.161 e. The highest BCUT2D eigenvalue weighted by molar-refractivity contribution is 6.32. The van der Waals surface area contributed by atoms with Gasteiger partial charge in [0.2, 0.25) is 0 Å². The Bertz CT molecular complexity index is 624. The molecular formula is C15H19ClN4O2. The van der Waals surface area contributed by atoms with Gasteiger partial charge in [-0.25, -0.2) is 9.97 Å². The second-order valence-corrected chi connectivity index (χ2v) is 4.96. The van der Waals surface area contributed by atoms with E-state index in [-0.39, 0.29) is 6.10 Å². The maximum absolute atomic E-state index is 6.01. The number of ether oxygens (including phenoxy) is 2. The fraction of sp³-hybridized carbons (Fsp3) is 0.333. The zero-order chi connectivity index (χ0) is 15.9. The van der Waals surface area contributed by atoms with Gasteiger partial charge in [-0.15, -0.1) is 0 Å². The number of aromatic nitrogens is 2. The van der Waals surface area contributed by atoms with Crippen LogP contribution in [-0.4, -0.2) is 36.8 Å². The molecule has 1 aromatic carbocycles. The molecule has 0 aliphatic rings. The average molecular weight is 323 g/mol. The Morgan fingerprint density at radius 3 is 2.64 bits per heavy atom. The van der Waals surface area contributed by atoms with Crippen molar-refractivity contribution in [3.63, 3.8) is 0 Å². The van der Waals surface area contributed by atoms with E-state index in [1.165, 1.54) is 6.33 Å². The largest absolute Gasteiger partial charge is 0.493 e. The standard InChI is InChI=1S/C15H19ClN4O2/c1-10(22-12-7-5-4-6-11(12)21-3)8-18-15-13(17-2)14(16)19-9-20-15/h4-7,9-10,17H,8H2,1-3H3,(H,18,19,20). The van der Waals surface area contributed by atoms with Gasteiger partial charge in [0.25, 0.3) is 0 Å². The van der Waals surface area contributed by atoms with E-state index in [0.29, 0.717) is 34.7 Å². The number of benzene rings is 1. The van der Waals surface area contributed by atoms with Crippen molar-refractivity contribution in [1.82, 2.24) is 9.97 Å². The van der Waals surface area contributed by atoms with Crippen LogP contribution >= 0.6 is 11.6 Å². The van der Waals surface area contributed by atoms with Crippen molar-refractivity contribution in [1.29, 1.82) is 0 Å². The van der Waals surface area contributed by atoms with Gasteiger partial charge in [-0.2, -0.15) is 0 Å². The Morgan fingerprint density at radius 1 is 1.23 bits per heavy atom. The second-order valence-electron chi connectivity index (χ2n) is 4.60. The topological polar surface area (TPSA) is 68.3 Å². The summed E-state index contributed by atoms with van der Waals surface area (Å²) >= 11 is 6.01. The molecular weight excluding hydrogens is 304 g/mol. The fourth-order valence-corrected chi connectivity index (χ4v) is 2.16. The Hall–Kier alpha value is -2.21. The summed E-state index contributed by atoms with van der Waals surface area (Å²) in [4.78, 5) is 8.11. The van der Waals surface area contributed by atoms with E-state index in [1.807, 2.05) is 31.2 Å². The molecule has 22 heavy (non-hydrogen) atoms. The molecule has 6 nitrogen and oxygen atoms in total. The molecule has 2 rings (SSSR count). The van der Waals surface area contributed by atoms with Crippen molar-refractivity contribution in [2.24, 2.45) is 0 Å². The number of hydrogen-bond donors (Lipinski definition) is 2. The minimum Gasteiger partial charge on any atom is -0.493 e. The first kappa shape index (κ1) is 16.2. The summed E-state index contributed by atoms with van der Waals surface area (Å²) in [6.07, 6.45) is 1.33. The van der Waals surface area contributed by atoms with Crippen LogP contribution < -0.4 is 20.1 Å². The van der Waals surface area contributed by atoms with Crippen LogP contribution in [0.25, 0.3) is 0 Å². The lowest BCUT2D eigenvalue weighted by molar-refractivity contribution is 0.223. The Balaban J connectivity index is 1.99. The molecule has 1 aromatic heterocycles. The van der Waals surface area contributed by atoms with E-state index < -0.39 is 0 Å². The Kier molecular flexibility index (Phi) is 5.66. The molecule has 0 saturated heterocycles. The molecule has 7 heteroatoms. The lowest BCUT2D eigenvalue weighted by Gasteiger charge is -2.18. The van der Waals surface area contributed by atoms with E-state index in [0.717, 1.165) is 0 Å². The van der Waals surface area contributed by atoms with Gasteiger partial charge in [-0.1, -0.05) is 23.7 Å². The third-order valence-electron chi connectivity index (χ3n) is 3.01. The Morgan fingerprint density at radius 2 is 1.95 bits per heavy atom. The fourth-order valence-electron chi connectivity index (χ4n) is 1.93. The van der Waals surface area contributed by atoms with Crippen molar-refractivity contribution in [3.05, 3.63) is 35.7 Å². The van der Waals surface area contributed by atoms with Crippen LogP contribution in [0.15, 0.2) is 30.6 Å². The van der Waals surface area contributed by atoms with Crippen LogP contribution in [0.5, 0.6) is 11.5 Å². The van der Waals surface area contributed by atoms with Gasteiger partial charge in [-0.3, -0.25) is 0 Å². The van der Waals surface area contributed by atoms with Crippen molar-refractivity contribution < 1.29 is 9.47 Å². The first-order valence-electron chi connectivity index (χ1n) is 6.87. The molecule has 2 N–H and O–H groups in total. The van der Waals surface area contributed by atoms with Crippen molar-refractivity contribution in [3.8, 4) is 11.5 Å². The molecule has 0 saturated carbocycles. The summed E-state index contributed by atoms with van der Waals surface area (Å²) in [5.41, 5.74) is 0.661. The van der Waals surface area contributed by atoms with Gasteiger partial charge in [0, 0.05) is 7.05 Å². The summed E-state index contributed by atoms with van der Waals surface area (Å²) < 4.78 is 11.1. The highest BCUT2D eigenvalue weighted by Gasteiger charge is 2.11. The van der Waals surface area contributed by atoms with Gasteiger partial charge in [0.05, 0.1) is 13.7 Å². The average Bonchev–Trinajstić information content (AvgIpc) is 2.53. The molecule has 0 aliphatic heterocycles. The Labute approximate surface area is 134 Å². The zero-order valence-electron chi connectivity index (χ0n) is 12.8. The lowest BCUT2D eigenvalue weighted by atomic mass is 10.3. The normalized spacial score (nSPS) is 11.6. The number of para-hydroxylation sites is 2. The minimum absolute atomic E-state index is 0.0882. The third kappa shape index (κ3) is 3.92. The molecule has 0 aliphatic carbocycles. The number of nitrogens with zero attached hydrogens (tertiary/aromatic N) is 2. The predicted molar refractivity (Wildman–Crippen MR) is 88.2 cm³/mol. The second kappa shape index (κ2) is 7.70. The number of methoxy groups -OCH3 is 1. The number of halogens is 1. The van der Waals surface area contributed by atoms with Gasteiger partial charge in [-0.05, 0) is 19.1 Å². The lowest BCUT2D eigenvalue weighted by Crippen LogP contribution is -2.23. The van der Waals surface area contributed by atoms with Crippen LogP contribution in [0.1, 0.15) is 6.92 Å². The minimum atomic E-state index is -0.0882. The quantitative estimate of drug-likeness (QED) is 0.764. The molecule has 2 aromatic rings. The zero-order valence-corrected chi connectivity index (χ0v) is 13.5. The van der Waals surface area contributed by atoms with E-state index in [1.54, 1.807) is 14.2 Å².